The molecule has 0 saturated carbocycles. The lowest BCUT2D eigenvalue weighted by atomic mass is 10.2. The lowest BCUT2D eigenvalue weighted by molar-refractivity contribution is -0.151. The number of hydrogen-bond acceptors (Lipinski definition) is 6. The first-order valence-electron chi connectivity index (χ1n) is 8.39. The van der Waals surface area contributed by atoms with Crippen molar-refractivity contribution in [3.63, 3.8) is 0 Å². The summed E-state index contributed by atoms with van der Waals surface area (Å²) in [6.07, 6.45) is 0. The SMILES string of the molecule is CC(C)(C)OC(=O)CSc1nnc(-c2ccc(Br)o2)n1Cc1ccccc1. The van der Waals surface area contributed by atoms with Gasteiger partial charge in [0.15, 0.2) is 15.6 Å². The third kappa shape index (κ3) is 5.46. The topological polar surface area (TPSA) is 70.2 Å². The second-order valence-electron chi connectivity index (χ2n) is 6.86. The van der Waals surface area contributed by atoms with Gasteiger partial charge in [0, 0.05) is 0 Å². The van der Waals surface area contributed by atoms with E-state index < -0.39 is 5.60 Å². The molecular formula is C19H20BrN3O3S. The summed E-state index contributed by atoms with van der Waals surface area (Å²) in [5.74, 6) is 1.08. The molecule has 0 saturated heterocycles. The number of nitrogens with zero attached hydrogens (tertiary/aromatic N) is 3. The molecule has 0 spiro atoms. The fraction of sp³-hybridized carbons (Fsp3) is 0.316. The Hall–Kier alpha value is -2.06. The van der Waals surface area contributed by atoms with Gasteiger partial charge in [-0.05, 0) is 54.4 Å². The van der Waals surface area contributed by atoms with Crippen molar-refractivity contribution >= 4 is 33.7 Å². The zero-order valence-electron chi connectivity index (χ0n) is 15.3. The van der Waals surface area contributed by atoms with Crippen molar-refractivity contribution in [1.29, 1.82) is 0 Å². The van der Waals surface area contributed by atoms with Crippen LogP contribution < -0.4 is 0 Å². The van der Waals surface area contributed by atoms with E-state index in [1.807, 2.05) is 67.8 Å². The maximum absolute atomic E-state index is 12.1. The molecule has 2 aromatic heterocycles. The van der Waals surface area contributed by atoms with Gasteiger partial charge in [-0.1, -0.05) is 42.1 Å². The minimum atomic E-state index is -0.513. The fourth-order valence-electron chi connectivity index (χ4n) is 2.42. The van der Waals surface area contributed by atoms with Crippen LogP contribution in [0.5, 0.6) is 0 Å². The minimum absolute atomic E-state index is 0.159. The largest absolute Gasteiger partial charge is 0.459 e. The molecule has 0 aliphatic carbocycles. The number of halogens is 1. The molecule has 8 heteroatoms. The first-order chi connectivity index (χ1) is 12.8. The number of carbonyl (C=O) groups is 1. The first-order valence-corrected chi connectivity index (χ1v) is 10.2. The average Bonchev–Trinajstić information content (AvgIpc) is 3.18. The van der Waals surface area contributed by atoms with E-state index in [0.29, 0.717) is 28.0 Å². The van der Waals surface area contributed by atoms with E-state index in [1.54, 1.807) is 0 Å². The van der Waals surface area contributed by atoms with Crippen molar-refractivity contribution in [3.05, 3.63) is 52.7 Å². The zero-order valence-corrected chi connectivity index (χ0v) is 17.7. The Kier molecular flexibility index (Phi) is 6.06. The summed E-state index contributed by atoms with van der Waals surface area (Å²) in [7, 11) is 0. The standard InChI is InChI=1S/C19H20BrN3O3S/c1-19(2,3)26-16(24)12-27-18-22-21-17(14-9-10-15(20)25-14)23(18)11-13-7-5-4-6-8-13/h4-10H,11-12H2,1-3H3. The average molecular weight is 450 g/mol. The van der Waals surface area contributed by atoms with Gasteiger partial charge in [-0.3, -0.25) is 9.36 Å². The molecule has 0 unspecified atom stereocenters. The van der Waals surface area contributed by atoms with Crippen molar-refractivity contribution in [2.45, 2.75) is 38.1 Å². The summed E-state index contributed by atoms with van der Waals surface area (Å²) >= 11 is 4.61. The van der Waals surface area contributed by atoms with Crippen molar-refractivity contribution in [1.82, 2.24) is 14.8 Å². The number of esters is 1. The van der Waals surface area contributed by atoms with Gasteiger partial charge in [0.1, 0.15) is 5.60 Å². The Morgan fingerprint density at radius 3 is 2.56 bits per heavy atom. The third-order valence-corrected chi connectivity index (χ3v) is 4.80. The monoisotopic (exact) mass is 449 g/mol. The Bertz CT molecular complexity index is 916. The lowest BCUT2D eigenvalue weighted by Gasteiger charge is -2.19. The molecule has 0 aliphatic heterocycles. The molecule has 0 fully saturated rings. The van der Waals surface area contributed by atoms with Crippen LogP contribution in [0.15, 0.2) is 56.7 Å². The number of rotatable bonds is 6. The van der Waals surface area contributed by atoms with Crippen molar-refractivity contribution in [2.75, 3.05) is 5.75 Å². The van der Waals surface area contributed by atoms with Gasteiger partial charge >= 0.3 is 5.97 Å². The Balaban J connectivity index is 1.85. The highest BCUT2D eigenvalue weighted by Crippen LogP contribution is 2.28. The first kappa shape index (κ1) is 19.7. The summed E-state index contributed by atoms with van der Waals surface area (Å²) < 4.78 is 13.6. The van der Waals surface area contributed by atoms with E-state index in [1.165, 1.54) is 11.8 Å². The van der Waals surface area contributed by atoms with Gasteiger partial charge in [0.25, 0.3) is 0 Å². The molecule has 6 nitrogen and oxygen atoms in total. The Labute approximate surface area is 170 Å². The van der Waals surface area contributed by atoms with Gasteiger partial charge in [-0.2, -0.15) is 0 Å². The maximum Gasteiger partial charge on any atom is 0.316 e. The molecule has 3 aromatic rings. The highest BCUT2D eigenvalue weighted by molar-refractivity contribution is 9.10. The Morgan fingerprint density at radius 2 is 1.93 bits per heavy atom. The van der Waals surface area contributed by atoms with Crippen LogP contribution in [0.1, 0.15) is 26.3 Å². The number of furan rings is 1. The van der Waals surface area contributed by atoms with E-state index in [0.717, 1.165) is 5.56 Å². The summed E-state index contributed by atoms with van der Waals surface area (Å²) in [6, 6.07) is 13.6. The molecule has 0 amide bonds. The van der Waals surface area contributed by atoms with Crippen LogP contribution in [0.2, 0.25) is 0 Å². The van der Waals surface area contributed by atoms with Crippen LogP contribution in [0, 0.1) is 0 Å². The number of thioether (sulfide) groups is 1. The molecule has 0 N–H and O–H groups in total. The maximum atomic E-state index is 12.1. The number of aromatic nitrogens is 3. The predicted molar refractivity (Wildman–Crippen MR) is 108 cm³/mol. The van der Waals surface area contributed by atoms with E-state index >= 15 is 0 Å². The molecule has 0 atom stereocenters. The van der Waals surface area contributed by atoms with Crippen LogP contribution in [-0.2, 0) is 16.1 Å². The normalized spacial score (nSPS) is 11.6. The number of hydrogen-bond donors (Lipinski definition) is 0. The summed E-state index contributed by atoms with van der Waals surface area (Å²) in [4.78, 5) is 12.1. The zero-order chi connectivity index (χ0) is 19.4. The fourth-order valence-corrected chi connectivity index (χ4v) is 3.43. The Morgan fingerprint density at radius 1 is 1.19 bits per heavy atom. The third-order valence-electron chi connectivity index (χ3n) is 3.43. The second kappa shape index (κ2) is 8.31. The van der Waals surface area contributed by atoms with Gasteiger partial charge in [-0.15, -0.1) is 10.2 Å². The molecule has 0 aliphatic rings. The van der Waals surface area contributed by atoms with Crippen LogP contribution in [0.3, 0.4) is 0 Å². The lowest BCUT2D eigenvalue weighted by Crippen LogP contribution is -2.25. The molecule has 3 rings (SSSR count). The number of ether oxygens (including phenoxy) is 1. The van der Waals surface area contributed by atoms with Crippen molar-refractivity contribution in [2.24, 2.45) is 0 Å². The van der Waals surface area contributed by atoms with E-state index in [-0.39, 0.29) is 11.7 Å². The molecule has 0 bridgehead atoms. The van der Waals surface area contributed by atoms with Crippen molar-refractivity contribution < 1.29 is 13.9 Å². The minimum Gasteiger partial charge on any atom is -0.459 e. The van der Waals surface area contributed by atoms with E-state index in [9.17, 15) is 4.79 Å². The van der Waals surface area contributed by atoms with Gasteiger partial charge in [0.2, 0.25) is 5.82 Å². The smallest absolute Gasteiger partial charge is 0.316 e. The van der Waals surface area contributed by atoms with Gasteiger partial charge < -0.3 is 9.15 Å². The molecule has 27 heavy (non-hydrogen) atoms. The molecule has 0 radical (unpaired) electrons. The number of carbonyl (C=O) groups excluding carboxylic acids is 1. The van der Waals surface area contributed by atoms with Crippen LogP contribution >= 0.6 is 27.7 Å². The predicted octanol–water partition coefficient (Wildman–Crippen LogP) is 4.78. The molecule has 2 heterocycles. The highest BCUT2D eigenvalue weighted by Gasteiger charge is 2.21. The summed E-state index contributed by atoms with van der Waals surface area (Å²) in [5, 5.41) is 9.16. The van der Waals surface area contributed by atoms with Gasteiger partial charge in [0.05, 0.1) is 12.3 Å². The van der Waals surface area contributed by atoms with Crippen LogP contribution in [0.25, 0.3) is 11.6 Å². The van der Waals surface area contributed by atoms with Gasteiger partial charge in [-0.25, -0.2) is 0 Å². The quantitative estimate of drug-likeness (QED) is 0.398. The van der Waals surface area contributed by atoms with E-state index in [2.05, 4.69) is 26.1 Å². The molecule has 1 aromatic carbocycles. The molecule has 142 valence electrons. The summed E-state index contributed by atoms with van der Waals surface area (Å²) in [5.41, 5.74) is 0.587. The van der Waals surface area contributed by atoms with Crippen LogP contribution in [-0.4, -0.2) is 32.1 Å². The van der Waals surface area contributed by atoms with Crippen molar-refractivity contribution in [3.8, 4) is 11.6 Å². The van der Waals surface area contributed by atoms with Crippen LogP contribution in [0.4, 0.5) is 0 Å². The second-order valence-corrected chi connectivity index (χ2v) is 8.58. The molecular weight excluding hydrogens is 430 g/mol. The van der Waals surface area contributed by atoms with E-state index in [4.69, 9.17) is 9.15 Å². The summed E-state index contributed by atoms with van der Waals surface area (Å²) in [6.45, 7) is 6.11. The number of benzene rings is 1. The highest BCUT2D eigenvalue weighted by atomic mass is 79.9.